The van der Waals surface area contributed by atoms with Crippen LogP contribution in [0.15, 0.2) is 53.5 Å². The highest BCUT2D eigenvalue weighted by Gasteiger charge is 2.20. The van der Waals surface area contributed by atoms with E-state index in [1.807, 2.05) is 36.4 Å². The Morgan fingerprint density at radius 3 is 2.59 bits per heavy atom. The molecule has 0 aliphatic carbocycles. The lowest BCUT2D eigenvalue weighted by Crippen LogP contribution is -2.31. The van der Waals surface area contributed by atoms with E-state index in [2.05, 4.69) is 24.1 Å². The summed E-state index contributed by atoms with van der Waals surface area (Å²) in [6.45, 7) is 1.36. The molecule has 0 saturated heterocycles. The molecule has 116 valence electrons. The number of benzene rings is 2. The van der Waals surface area contributed by atoms with Crippen LogP contribution in [0.5, 0.6) is 0 Å². The fraction of sp³-hybridized carbons (Fsp3) is 0.235. The number of hydrogen-bond acceptors (Lipinski definition) is 2. The molecule has 2 aromatic carbocycles. The number of hydrogen-bond donors (Lipinski definition) is 0. The Kier molecular flexibility index (Phi) is 5.74. The lowest BCUT2D eigenvalue weighted by atomic mass is 9.99. The Hall–Kier alpha value is -1.22. The molecule has 0 spiro atoms. The zero-order valence-corrected chi connectivity index (χ0v) is 14.5. The number of fused-ring (bicyclic) bond motifs is 1. The van der Waals surface area contributed by atoms with Gasteiger partial charge in [0.25, 0.3) is 0 Å². The summed E-state index contributed by atoms with van der Waals surface area (Å²) in [5.74, 6) is 0. The third-order valence-corrected chi connectivity index (χ3v) is 4.10. The van der Waals surface area contributed by atoms with Gasteiger partial charge < -0.3 is 4.90 Å². The van der Waals surface area contributed by atoms with Crippen LogP contribution in [-0.4, -0.2) is 31.2 Å². The van der Waals surface area contributed by atoms with Crippen LogP contribution in [0.25, 0.3) is 0 Å². The molecule has 2 aromatic rings. The topological polar surface area (TPSA) is 15.6 Å². The monoisotopic (exact) mass is 354 g/mol. The molecule has 22 heavy (non-hydrogen) atoms. The molecule has 3 rings (SSSR count). The van der Waals surface area contributed by atoms with Crippen LogP contribution in [0, 0.1) is 0 Å². The van der Waals surface area contributed by atoms with E-state index < -0.39 is 0 Å². The summed E-state index contributed by atoms with van der Waals surface area (Å²) in [6.07, 6.45) is 0. The van der Waals surface area contributed by atoms with Crippen LogP contribution in [0.3, 0.4) is 0 Å². The average molecular weight is 356 g/mol. The molecular weight excluding hydrogens is 339 g/mol. The van der Waals surface area contributed by atoms with Gasteiger partial charge in [0, 0.05) is 35.4 Å². The second-order valence-corrected chi connectivity index (χ2v) is 6.25. The minimum atomic E-state index is -0.00228. The third kappa shape index (κ3) is 3.57. The van der Waals surface area contributed by atoms with E-state index in [1.54, 1.807) is 0 Å². The molecule has 0 amide bonds. The van der Waals surface area contributed by atoms with Gasteiger partial charge in [0.2, 0.25) is 0 Å². The number of anilines is 1. The largest absolute Gasteiger partial charge is 0.372 e. The molecule has 1 heterocycles. The van der Waals surface area contributed by atoms with Crippen molar-refractivity contribution in [2.24, 2.45) is 4.99 Å². The van der Waals surface area contributed by atoms with Crippen LogP contribution in [0.4, 0.5) is 5.69 Å². The van der Waals surface area contributed by atoms with Crippen LogP contribution < -0.4 is 4.90 Å². The summed E-state index contributed by atoms with van der Waals surface area (Å²) in [7, 11) is 2.05. The zero-order chi connectivity index (χ0) is 14.8. The normalized spacial score (nSPS) is 17.7. The maximum atomic E-state index is 6.36. The van der Waals surface area contributed by atoms with Gasteiger partial charge >= 0.3 is 0 Å². The van der Waals surface area contributed by atoms with Gasteiger partial charge in [0.1, 0.15) is 0 Å². The number of rotatable bonds is 1. The lowest BCUT2D eigenvalue weighted by Gasteiger charge is -2.27. The van der Waals surface area contributed by atoms with E-state index in [1.165, 1.54) is 0 Å². The third-order valence-electron chi connectivity index (χ3n) is 3.59. The highest BCUT2D eigenvalue weighted by atomic mass is 35.5. The average Bonchev–Trinajstić information content (AvgIpc) is 2.47. The number of nitrogens with zero attached hydrogens (tertiary/aromatic N) is 2. The van der Waals surface area contributed by atoms with Gasteiger partial charge in [-0.3, -0.25) is 4.99 Å². The van der Waals surface area contributed by atoms with Gasteiger partial charge in [-0.25, -0.2) is 0 Å². The Bertz CT molecular complexity index is 671. The van der Waals surface area contributed by atoms with Gasteiger partial charge in [-0.2, -0.15) is 0 Å². The van der Waals surface area contributed by atoms with E-state index in [0.717, 1.165) is 29.1 Å². The van der Waals surface area contributed by atoms with Crippen molar-refractivity contribution in [3.63, 3.8) is 0 Å². The fourth-order valence-electron chi connectivity index (χ4n) is 2.60. The number of halogens is 3. The standard InChI is InChI=1S/C17H16Cl2N2.ClH/c1-21-11-14(19)10-20-17(12-5-3-2-4-6-12)15-9-13(18)7-8-16(15)21;/h2-9,14H,10-11H2,1H3;1H. The van der Waals surface area contributed by atoms with Crippen molar-refractivity contribution in [2.45, 2.75) is 5.38 Å². The molecule has 0 radical (unpaired) electrons. The molecule has 1 unspecified atom stereocenters. The Morgan fingerprint density at radius 1 is 1.14 bits per heavy atom. The Balaban J connectivity index is 0.00000176. The van der Waals surface area contributed by atoms with Crippen molar-refractivity contribution < 1.29 is 0 Å². The van der Waals surface area contributed by atoms with E-state index in [4.69, 9.17) is 28.2 Å². The van der Waals surface area contributed by atoms with E-state index in [9.17, 15) is 0 Å². The maximum Gasteiger partial charge on any atom is 0.0740 e. The first-order valence-electron chi connectivity index (χ1n) is 6.90. The molecule has 1 aliphatic rings. The van der Waals surface area contributed by atoms with Crippen molar-refractivity contribution in [1.82, 2.24) is 0 Å². The molecule has 1 aliphatic heterocycles. The predicted octanol–water partition coefficient (Wildman–Crippen LogP) is 4.66. The van der Waals surface area contributed by atoms with E-state index in [-0.39, 0.29) is 17.8 Å². The minimum Gasteiger partial charge on any atom is -0.372 e. The first-order chi connectivity index (χ1) is 10.1. The van der Waals surface area contributed by atoms with Crippen molar-refractivity contribution in [3.8, 4) is 0 Å². The SMILES string of the molecule is CN1CC(Cl)CN=C(c2ccccc2)c2cc(Cl)ccc21.Cl. The molecule has 0 saturated carbocycles. The summed E-state index contributed by atoms with van der Waals surface area (Å²) in [4.78, 5) is 6.92. The molecule has 2 nitrogen and oxygen atoms in total. The van der Waals surface area contributed by atoms with Crippen LogP contribution in [0.1, 0.15) is 11.1 Å². The highest BCUT2D eigenvalue weighted by Crippen LogP contribution is 2.28. The minimum absolute atomic E-state index is 0. The maximum absolute atomic E-state index is 6.36. The van der Waals surface area contributed by atoms with E-state index in [0.29, 0.717) is 11.6 Å². The molecule has 1 atom stereocenters. The van der Waals surface area contributed by atoms with Crippen LogP contribution in [0.2, 0.25) is 5.02 Å². The molecule has 0 fully saturated rings. The summed E-state index contributed by atoms with van der Waals surface area (Å²) >= 11 is 12.6. The summed E-state index contributed by atoms with van der Waals surface area (Å²) < 4.78 is 0. The second-order valence-electron chi connectivity index (χ2n) is 5.19. The predicted molar refractivity (Wildman–Crippen MR) is 98.6 cm³/mol. The molecule has 0 aromatic heterocycles. The molecular formula is C17H17Cl3N2. The Morgan fingerprint density at radius 2 is 1.86 bits per heavy atom. The fourth-order valence-corrected chi connectivity index (χ4v) is 3.05. The number of alkyl halides is 1. The van der Waals surface area contributed by atoms with Crippen molar-refractivity contribution >= 4 is 47.0 Å². The highest BCUT2D eigenvalue weighted by molar-refractivity contribution is 6.31. The first kappa shape index (κ1) is 17.1. The van der Waals surface area contributed by atoms with Crippen molar-refractivity contribution in [2.75, 3.05) is 25.0 Å². The molecule has 0 bridgehead atoms. The summed E-state index contributed by atoms with van der Waals surface area (Å²) in [6, 6.07) is 16.1. The van der Waals surface area contributed by atoms with Crippen LogP contribution >= 0.6 is 35.6 Å². The first-order valence-corrected chi connectivity index (χ1v) is 7.71. The van der Waals surface area contributed by atoms with Crippen LogP contribution in [-0.2, 0) is 0 Å². The quantitative estimate of drug-likeness (QED) is 0.679. The zero-order valence-electron chi connectivity index (χ0n) is 12.2. The smallest absolute Gasteiger partial charge is 0.0740 e. The molecule has 5 heteroatoms. The number of aliphatic imine (C=N–C) groups is 1. The van der Waals surface area contributed by atoms with Gasteiger partial charge in [0.15, 0.2) is 0 Å². The Labute approximate surface area is 147 Å². The van der Waals surface area contributed by atoms with Gasteiger partial charge in [-0.15, -0.1) is 24.0 Å². The van der Waals surface area contributed by atoms with Crippen molar-refractivity contribution in [3.05, 3.63) is 64.7 Å². The summed E-state index contributed by atoms with van der Waals surface area (Å²) in [5.41, 5.74) is 4.19. The van der Waals surface area contributed by atoms with Gasteiger partial charge in [0.05, 0.1) is 17.6 Å². The van der Waals surface area contributed by atoms with E-state index >= 15 is 0 Å². The lowest BCUT2D eigenvalue weighted by molar-refractivity contribution is 0.798. The summed E-state index contributed by atoms with van der Waals surface area (Å²) in [5, 5.41) is 0.714. The molecule has 0 N–H and O–H groups in total. The second kappa shape index (κ2) is 7.36. The van der Waals surface area contributed by atoms with Gasteiger partial charge in [-0.05, 0) is 18.2 Å². The van der Waals surface area contributed by atoms with Gasteiger partial charge in [-0.1, -0.05) is 41.9 Å². The van der Waals surface area contributed by atoms with Crippen molar-refractivity contribution in [1.29, 1.82) is 0 Å².